The van der Waals surface area contributed by atoms with E-state index in [4.69, 9.17) is 19.5 Å². The normalized spacial score (nSPS) is 23.5. The van der Waals surface area contributed by atoms with Crippen LogP contribution in [0.4, 0.5) is 5.82 Å². The minimum Gasteiger partial charge on any atom is -0.386 e. The Kier molecular flexibility index (Phi) is 22.4. The molecule has 2 aromatic rings. The number of carbonyl (C=O) groups is 4. The first-order valence-electron chi connectivity index (χ1n) is 22.2. The number of hydrogen-bond donors (Lipinski definition) is 9. The van der Waals surface area contributed by atoms with Gasteiger partial charge in [0.05, 0.1) is 19.5 Å². The summed E-state index contributed by atoms with van der Waals surface area (Å²) >= 11 is 1.13. The van der Waals surface area contributed by atoms with Crippen LogP contribution in [0.1, 0.15) is 104 Å². The number of amides is 2. The van der Waals surface area contributed by atoms with Gasteiger partial charge in [-0.2, -0.15) is 4.31 Å². The highest BCUT2D eigenvalue weighted by atomic mass is 32.2. The molecule has 1 saturated heterocycles. The minimum absolute atomic E-state index is 0.0291. The second-order valence-corrected chi connectivity index (χ2v) is 22.5. The van der Waals surface area contributed by atoms with Crippen LogP contribution in [0.25, 0.3) is 11.2 Å². The molecule has 10 N–H and O–H groups in total. The monoisotopic (exact) mass is 1040 g/mol. The van der Waals surface area contributed by atoms with Gasteiger partial charge in [-0.15, -0.1) is 0 Å². The molecule has 0 spiro atoms. The molecule has 1 saturated carbocycles. The van der Waals surface area contributed by atoms with Crippen LogP contribution in [0.3, 0.4) is 0 Å². The van der Waals surface area contributed by atoms with Crippen molar-refractivity contribution in [3.63, 3.8) is 0 Å². The molecule has 384 valence electrons. The SMILES string of the molecule is CC/C=C\CC1C(=O)CCC1CCCCCCCC(=O)SCCNC(=O)CCNC(=O)[C@H](O)C(C)(C)COP(=O)(O)OP(=O)(O)OC[C@H]1O[C@@H](n2cnc3c(N)ncnc32)[C@H](O)[C@@H]1OP(=O)(O)O. The number of nitrogens with two attached hydrogens (primary N) is 1. The zero-order valence-corrected chi connectivity index (χ0v) is 41.6. The Labute approximate surface area is 397 Å². The number of imidazole rings is 1. The lowest BCUT2D eigenvalue weighted by Gasteiger charge is -2.30. The number of nitrogen functional groups attached to an aromatic ring is 1. The number of fused-ring (bicyclic) bond motifs is 1. The number of aliphatic hydroxyl groups excluding tert-OH is 2. The Morgan fingerprint density at radius 1 is 1.00 bits per heavy atom. The third-order valence-corrected chi connectivity index (χ3v) is 15.3. The van der Waals surface area contributed by atoms with Gasteiger partial charge in [0.1, 0.15) is 42.0 Å². The van der Waals surface area contributed by atoms with Crippen LogP contribution in [0.2, 0.25) is 0 Å². The van der Waals surface area contributed by atoms with Crippen molar-refractivity contribution in [3.05, 3.63) is 24.8 Å². The first-order valence-corrected chi connectivity index (χ1v) is 27.7. The maximum Gasteiger partial charge on any atom is 0.481 e. The number of Topliss-reactive ketones (excluding diaryl/α,β-unsaturated/α-hetero) is 1. The molecule has 2 aromatic heterocycles. The third-order valence-electron chi connectivity index (χ3n) is 11.3. The first kappa shape index (κ1) is 57.5. The number of unbranched alkanes of at least 4 members (excludes halogenated alkanes) is 4. The third kappa shape index (κ3) is 18.3. The Hall–Kier alpha value is -3.03. The Balaban J connectivity index is 1.09. The minimum atomic E-state index is -5.58. The molecule has 68 heavy (non-hydrogen) atoms. The second kappa shape index (κ2) is 26.4. The lowest BCUT2D eigenvalue weighted by molar-refractivity contribution is -0.137. The van der Waals surface area contributed by atoms with Crippen molar-refractivity contribution >= 4 is 74.9 Å². The lowest BCUT2D eigenvalue weighted by Crippen LogP contribution is -2.46. The summed E-state index contributed by atoms with van der Waals surface area (Å²) in [7, 11) is -16.4. The summed E-state index contributed by atoms with van der Waals surface area (Å²) < 4.78 is 62.4. The van der Waals surface area contributed by atoms with E-state index >= 15 is 0 Å². The summed E-state index contributed by atoms with van der Waals surface area (Å²) in [6, 6.07) is 0. The van der Waals surface area contributed by atoms with Crippen LogP contribution < -0.4 is 16.4 Å². The first-order chi connectivity index (χ1) is 31.9. The van der Waals surface area contributed by atoms with E-state index in [1.807, 2.05) is 0 Å². The molecule has 2 amide bonds. The summed E-state index contributed by atoms with van der Waals surface area (Å²) in [6.07, 6.45) is 7.21. The summed E-state index contributed by atoms with van der Waals surface area (Å²) in [5, 5.41) is 26.6. The second-order valence-electron chi connectivity index (χ2n) is 17.1. The number of carbonyl (C=O) groups excluding carboxylic acids is 4. The fourth-order valence-corrected chi connectivity index (χ4v) is 11.2. The summed E-state index contributed by atoms with van der Waals surface area (Å²) in [5.41, 5.74) is 4.27. The van der Waals surface area contributed by atoms with Crippen LogP contribution in [0.15, 0.2) is 24.8 Å². The van der Waals surface area contributed by atoms with E-state index < -0.39 is 84.6 Å². The number of thioether (sulfide) groups is 1. The number of phosphoric acid groups is 3. The maximum absolute atomic E-state index is 12.7. The number of nitrogens with one attached hydrogen (secondary N) is 2. The highest BCUT2D eigenvalue weighted by Crippen LogP contribution is 2.61. The number of ether oxygens (including phenoxy) is 1. The smallest absolute Gasteiger partial charge is 0.386 e. The highest BCUT2D eigenvalue weighted by molar-refractivity contribution is 8.13. The Morgan fingerprint density at radius 2 is 1.71 bits per heavy atom. The van der Waals surface area contributed by atoms with Gasteiger partial charge in [0.2, 0.25) is 11.8 Å². The van der Waals surface area contributed by atoms with Crippen molar-refractivity contribution in [1.29, 1.82) is 0 Å². The van der Waals surface area contributed by atoms with Crippen LogP contribution >= 0.6 is 35.2 Å². The van der Waals surface area contributed by atoms with Gasteiger partial charge in [-0.1, -0.05) is 70.4 Å². The van der Waals surface area contributed by atoms with Gasteiger partial charge < -0.3 is 50.9 Å². The van der Waals surface area contributed by atoms with Crippen molar-refractivity contribution in [2.75, 3.05) is 37.8 Å². The molecule has 4 unspecified atom stereocenters. The molecule has 0 radical (unpaired) electrons. The molecule has 0 bridgehead atoms. The molecule has 0 aromatic carbocycles. The maximum atomic E-state index is 12.7. The number of allylic oxidation sites excluding steroid dienone is 2. The molecule has 3 heterocycles. The van der Waals surface area contributed by atoms with Crippen molar-refractivity contribution in [2.24, 2.45) is 17.3 Å². The van der Waals surface area contributed by atoms with Gasteiger partial charge in [-0.3, -0.25) is 37.3 Å². The number of nitrogens with zero attached hydrogens (tertiary/aromatic N) is 4. The fourth-order valence-electron chi connectivity index (χ4n) is 7.63. The van der Waals surface area contributed by atoms with Crippen LogP contribution in [0, 0.1) is 17.3 Å². The molecule has 2 fully saturated rings. The predicted molar refractivity (Wildman–Crippen MR) is 245 cm³/mol. The number of phosphoric ester groups is 3. The lowest BCUT2D eigenvalue weighted by atomic mass is 9.87. The zero-order valence-electron chi connectivity index (χ0n) is 38.1. The highest BCUT2D eigenvalue weighted by Gasteiger charge is 2.50. The van der Waals surface area contributed by atoms with E-state index in [0.717, 1.165) is 86.8 Å². The van der Waals surface area contributed by atoms with Crippen molar-refractivity contribution in [2.45, 2.75) is 128 Å². The van der Waals surface area contributed by atoms with E-state index in [-0.39, 0.29) is 47.5 Å². The van der Waals surface area contributed by atoms with Crippen LogP contribution in [0.5, 0.6) is 0 Å². The van der Waals surface area contributed by atoms with Gasteiger partial charge in [-0.05, 0) is 38.0 Å². The number of rotatable bonds is 30. The summed E-state index contributed by atoms with van der Waals surface area (Å²) in [5.74, 6) is -0.0584. The number of aromatic nitrogens is 4. The van der Waals surface area contributed by atoms with Crippen molar-refractivity contribution < 1.29 is 85.3 Å². The molecule has 1 aliphatic carbocycles. The molecule has 9 atom stereocenters. The zero-order chi connectivity index (χ0) is 50.3. The molecule has 2 aliphatic rings. The molecule has 1 aliphatic heterocycles. The molecule has 29 heteroatoms. The van der Waals surface area contributed by atoms with E-state index in [0.29, 0.717) is 30.3 Å². The van der Waals surface area contributed by atoms with Gasteiger partial charge in [0.15, 0.2) is 22.8 Å². The molecule has 25 nitrogen and oxygen atoms in total. The van der Waals surface area contributed by atoms with Gasteiger partial charge in [-0.25, -0.2) is 28.6 Å². The largest absolute Gasteiger partial charge is 0.481 e. The van der Waals surface area contributed by atoms with E-state index in [1.165, 1.54) is 13.8 Å². The molecular weight excluding hydrogens is 979 g/mol. The standard InChI is InChI=1S/C39H64N7O18P3S/c1-4-5-9-13-26-25(15-16-27(26)47)12-10-7-6-8-11-14-30(49)68-20-19-41-29(48)17-18-42-37(52)34(51)39(2,3)22-61-67(58,59)64-66(56,57)60-21-28-33(63-65(53,54)55)32(50)38(62-28)46-24-45-31-35(40)43-23-44-36(31)46/h5,9,23-26,28,32-34,38,50-51H,4,6-8,10-22H2,1-3H3,(H,41,48)(H,42,52)(H,56,57)(H,58,59)(H2,40,43,44)(H2,53,54,55)/b9-5-/t25?,26?,28-,32-,33-,34+,38-/m1/s1. The van der Waals surface area contributed by atoms with Gasteiger partial charge in [0.25, 0.3) is 0 Å². The van der Waals surface area contributed by atoms with Crippen molar-refractivity contribution in [1.82, 2.24) is 30.2 Å². The average molecular weight is 1040 g/mol. The van der Waals surface area contributed by atoms with Crippen LogP contribution in [-0.4, -0.2) is 128 Å². The quantitative estimate of drug-likeness (QED) is 0.0308. The Bertz CT molecular complexity index is 2200. The van der Waals surface area contributed by atoms with Crippen molar-refractivity contribution in [3.8, 4) is 0 Å². The number of aliphatic hydroxyl groups is 2. The van der Waals surface area contributed by atoms with E-state index in [9.17, 15) is 62.7 Å². The summed E-state index contributed by atoms with van der Waals surface area (Å²) in [6.45, 7) is 2.59. The van der Waals surface area contributed by atoms with Gasteiger partial charge >= 0.3 is 23.5 Å². The average Bonchev–Trinajstić information content (AvgIpc) is 3.94. The Morgan fingerprint density at radius 3 is 2.43 bits per heavy atom. The predicted octanol–water partition coefficient (Wildman–Crippen LogP) is 3.35. The van der Waals surface area contributed by atoms with E-state index in [2.05, 4.69) is 53.5 Å². The number of ketones is 1. The molecular formula is C39H64N7O18P3S. The number of hydrogen-bond acceptors (Lipinski definition) is 19. The van der Waals surface area contributed by atoms with Gasteiger partial charge in [0, 0.05) is 49.4 Å². The van der Waals surface area contributed by atoms with Crippen LogP contribution in [-0.2, 0) is 55.5 Å². The summed E-state index contributed by atoms with van der Waals surface area (Å²) in [4.78, 5) is 101. The molecule has 4 rings (SSSR count). The van der Waals surface area contributed by atoms with E-state index in [1.54, 1.807) is 0 Å². The number of anilines is 1. The topological polar surface area (TPSA) is 381 Å². The fraction of sp³-hybridized carbons (Fsp3) is 0.718.